The summed E-state index contributed by atoms with van der Waals surface area (Å²) in [5.41, 5.74) is 0.257. The summed E-state index contributed by atoms with van der Waals surface area (Å²) in [5, 5.41) is 2.73. The van der Waals surface area contributed by atoms with E-state index < -0.39 is 9.05 Å². The lowest BCUT2D eigenvalue weighted by atomic mass is 10.2. The van der Waals surface area contributed by atoms with E-state index in [-0.39, 0.29) is 22.4 Å². The first kappa shape index (κ1) is 14.7. The summed E-state index contributed by atoms with van der Waals surface area (Å²) in [4.78, 5) is 11.7. The molecule has 1 rings (SSSR count). The predicted octanol–water partition coefficient (Wildman–Crippen LogP) is 2.31. The Morgan fingerprint density at radius 2 is 2.22 bits per heavy atom. The highest BCUT2D eigenvalue weighted by molar-refractivity contribution is 8.13. The third-order valence-electron chi connectivity index (χ3n) is 2.28. The summed E-state index contributed by atoms with van der Waals surface area (Å²) in [6.07, 6.45) is 2.34. The number of rotatable bonds is 5. The Labute approximate surface area is 111 Å². The first-order valence-electron chi connectivity index (χ1n) is 5.31. The maximum Gasteiger partial charge on any atom is 0.261 e. The quantitative estimate of drug-likeness (QED) is 0.668. The van der Waals surface area contributed by atoms with E-state index in [0.717, 1.165) is 0 Å². The first-order valence-corrected chi connectivity index (χ1v) is 7.62. The molecular formula is C12H14ClNO3S. The summed E-state index contributed by atoms with van der Waals surface area (Å²) >= 11 is 0. The number of carbonyl (C=O) groups excluding carboxylic acids is 1. The van der Waals surface area contributed by atoms with Crippen molar-refractivity contribution in [2.24, 2.45) is 0 Å². The fourth-order valence-electron chi connectivity index (χ4n) is 1.41. The highest BCUT2D eigenvalue weighted by atomic mass is 35.7. The van der Waals surface area contributed by atoms with Crippen molar-refractivity contribution in [2.45, 2.75) is 24.3 Å². The van der Waals surface area contributed by atoms with Crippen LogP contribution in [0.15, 0.2) is 41.8 Å². The lowest BCUT2D eigenvalue weighted by Gasteiger charge is -2.11. The van der Waals surface area contributed by atoms with Gasteiger partial charge in [0.25, 0.3) is 15.0 Å². The van der Waals surface area contributed by atoms with E-state index >= 15 is 0 Å². The number of hydrogen-bond donors (Lipinski definition) is 1. The van der Waals surface area contributed by atoms with E-state index in [1.165, 1.54) is 24.3 Å². The SMILES string of the molecule is C=CCC(C)NC(=O)c1cccc(S(=O)(=O)Cl)c1. The molecule has 0 bridgehead atoms. The second kappa shape index (κ2) is 6.02. The Hall–Kier alpha value is -1.33. The summed E-state index contributed by atoms with van der Waals surface area (Å²) in [5.74, 6) is -0.341. The minimum absolute atomic E-state index is 0.0636. The predicted molar refractivity (Wildman–Crippen MR) is 71.2 cm³/mol. The van der Waals surface area contributed by atoms with Crippen LogP contribution in [-0.4, -0.2) is 20.4 Å². The van der Waals surface area contributed by atoms with Crippen LogP contribution in [0.2, 0.25) is 0 Å². The van der Waals surface area contributed by atoms with E-state index in [0.29, 0.717) is 6.42 Å². The largest absolute Gasteiger partial charge is 0.349 e. The van der Waals surface area contributed by atoms with Crippen molar-refractivity contribution in [3.8, 4) is 0 Å². The lowest BCUT2D eigenvalue weighted by molar-refractivity contribution is 0.0940. The fraction of sp³-hybridized carbons (Fsp3) is 0.250. The van der Waals surface area contributed by atoms with Gasteiger partial charge in [-0.15, -0.1) is 6.58 Å². The van der Waals surface area contributed by atoms with Gasteiger partial charge in [-0.25, -0.2) is 8.42 Å². The number of halogens is 1. The van der Waals surface area contributed by atoms with Crippen molar-refractivity contribution < 1.29 is 13.2 Å². The molecule has 1 amide bonds. The number of amides is 1. The molecule has 0 saturated heterocycles. The molecule has 0 aliphatic heterocycles. The summed E-state index contributed by atoms with van der Waals surface area (Å²) in [6.45, 7) is 5.41. The van der Waals surface area contributed by atoms with Gasteiger partial charge >= 0.3 is 0 Å². The molecule has 0 aliphatic rings. The van der Waals surface area contributed by atoms with Crippen LogP contribution in [0.3, 0.4) is 0 Å². The highest BCUT2D eigenvalue weighted by Crippen LogP contribution is 2.16. The van der Waals surface area contributed by atoms with Crippen LogP contribution in [0.5, 0.6) is 0 Å². The molecule has 0 heterocycles. The maximum absolute atomic E-state index is 11.8. The molecule has 1 aromatic rings. The zero-order valence-corrected chi connectivity index (χ0v) is 11.5. The van der Waals surface area contributed by atoms with Crippen LogP contribution < -0.4 is 5.32 Å². The molecule has 98 valence electrons. The van der Waals surface area contributed by atoms with E-state index in [2.05, 4.69) is 11.9 Å². The topological polar surface area (TPSA) is 63.2 Å². The number of benzene rings is 1. The molecule has 18 heavy (non-hydrogen) atoms. The van der Waals surface area contributed by atoms with Gasteiger partial charge in [-0.3, -0.25) is 4.79 Å². The summed E-state index contributed by atoms with van der Waals surface area (Å²) in [7, 11) is 1.40. The molecule has 0 spiro atoms. The Kier molecular flexibility index (Phi) is 4.93. The lowest BCUT2D eigenvalue weighted by Crippen LogP contribution is -2.32. The molecule has 0 fully saturated rings. The van der Waals surface area contributed by atoms with Crippen molar-refractivity contribution in [3.63, 3.8) is 0 Å². The van der Waals surface area contributed by atoms with Crippen molar-refractivity contribution in [2.75, 3.05) is 0 Å². The van der Waals surface area contributed by atoms with E-state index in [4.69, 9.17) is 10.7 Å². The summed E-state index contributed by atoms with van der Waals surface area (Å²) in [6, 6.07) is 5.53. The van der Waals surface area contributed by atoms with Gasteiger partial charge in [0.05, 0.1) is 4.90 Å². The van der Waals surface area contributed by atoms with Crippen LogP contribution in [0.25, 0.3) is 0 Å². The van der Waals surface area contributed by atoms with Gasteiger partial charge in [-0.05, 0) is 31.5 Å². The normalized spacial score (nSPS) is 12.8. The standard InChI is InChI=1S/C12H14ClNO3S/c1-3-5-9(2)14-12(15)10-6-4-7-11(8-10)18(13,16)17/h3-4,6-9H,1,5H2,2H3,(H,14,15). The van der Waals surface area contributed by atoms with Gasteiger partial charge in [0.15, 0.2) is 0 Å². The molecule has 1 atom stereocenters. The fourth-order valence-corrected chi connectivity index (χ4v) is 2.20. The minimum atomic E-state index is -3.82. The van der Waals surface area contributed by atoms with Crippen LogP contribution in [0.1, 0.15) is 23.7 Å². The molecular weight excluding hydrogens is 274 g/mol. The van der Waals surface area contributed by atoms with Crippen molar-refractivity contribution >= 4 is 25.6 Å². The molecule has 0 aliphatic carbocycles. The van der Waals surface area contributed by atoms with Gasteiger partial charge in [0, 0.05) is 22.3 Å². The van der Waals surface area contributed by atoms with Crippen molar-refractivity contribution in [1.82, 2.24) is 5.32 Å². The molecule has 0 radical (unpaired) electrons. The first-order chi connectivity index (χ1) is 8.34. The molecule has 6 heteroatoms. The molecule has 1 unspecified atom stereocenters. The van der Waals surface area contributed by atoms with E-state index in [1.54, 1.807) is 6.08 Å². The van der Waals surface area contributed by atoms with Gasteiger partial charge in [0.1, 0.15) is 0 Å². The molecule has 0 aromatic heterocycles. The smallest absolute Gasteiger partial charge is 0.261 e. The van der Waals surface area contributed by atoms with Crippen LogP contribution in [0, 0.1) is 0 Å². The second-order valence-corrected chi connectivity index (χ2v) is 6.43. The number of hydrogen-bond acceptors (Lipinski definition) is 3. The Balaban J connectivity index is 2.90. The van der Waals surface area contributed by atoms with Gasteiger partial charge in [0.2, 0.25) is 0 Å². The van der Waals surface area contributed by atoms with Crippen LogP contribution in [0.4, 0.5) is 0 Å². The average molecular weight is 288 g/mol. The average Bonchev–Trinajstić information content (AvgIpc) is 2.28. The van der Waals surface area contributed by atoms with Gasteiger partial charge < -0.3 is 5.32 Å². The number of nitrogens with one attached hydrogen (secondary N) is 1. The number of carbonyl (C=O) groups is 1. The Bertz CT molecular complexity index is 554. The molecule has 0 saturated carbocycles. The maximum atomic E-state index is 11.8. The summed E-state index contributed by atoms with van der Waals surface area (Å²) < 4.78 is 22.3. The highest BCUT2D eigenvalue weighted by Gasteiger charge is 2.14. The van der Waals surface area contributed by atoms with E-state index in [9.17, 15) is 13.2 Å². The molecule has 1 aromatic carbocycles. The molecule has 4 nitrogen and oxygen atoms in total. The Morgan fingerprint density at radius 1 is 1.56 bits per heavy atom. The van der Waals surface area contributed by atoms with Crippen molar-refractivity contribution in [3.05, 3.63) is 42.5 Å². The van der Waals surface area contributed by atoms with Gasteiger partial charge in [-0.1, -0.05) is 12.1 Å². The monoisotopic (exact) mass is 287 g/mol. The third kappa shape index (κ3) is 4.16. The molecule has 1 N–H and O–H groups in total. The Morgan fingerprint density at radius 3 is 2.78 bits per heavy atom. The second-order valence-electron chi connectivity index (χ2n) is 3.86. The van der Waals surface area contributed by atoms with E-state index in [1.807, 2.05) is 6.92 Å². The van der Waals surface area contributed by atoms with Crippen LogP contribution >= 0.6 is 10.7 Å². The van der Waals surface area contributed by atoms with Crippen LogP contribution in [-0.2, 0) is 9.05 Å². The zero-order valence-electron chi connectivity index (χ0n) is 9.89. The third-order valence-corrected chi connectivity index (χ3v) is 3.63. The minimum Gasteiger partial charge on any atom is -0.349 e. The van der Waals surface area contributed by atoms with Crippen molar-refractivity contribution in [1.29, 1.82) is 0 Å². The van der Waals surface area contributed by atoms with Gasteiger partial charge in [-0.2, -0.15) is 0 Å². The zero-order chi connectivity index (χ0) is 13.8.